The fourth-order valence-electron chi connectivity index (χ4n) is 1.45. The molecule has 0 aromatic rings. The number of nitrogens with zero attached hydrogens (tertiary/aromatic N) is 1. The minimum Gasteiger partial charge on any atom is -0.355 e. The minimum absolute atomic E-state index is 0.235. The van der Waals surface area contributed by atoms with Crippen molar-refractivity contribution in [1.82, 2.24) is 10.6 Å². The molecule has 18 heavy (non-hydrogen) atoms. The molecule has 0 bridgehead atoms. The van der Waals surface area contributed by atoms with E-state index in [2.05, 4.69) is 56.5 Å². The molecule has 0 spiro atoms. The Kier molecular flexibility index (Phi) is 8.49. The summed E-state index contributed by atoms with van der Waals surface area (Å²) in [5.74, 6) is 1.67. The number of thioether (sulfide) groups is 1. The van der Waals surface area contributed by atoms with Gasteiger partial charge in [0, 0.05) is 24.4 Å². The van der Waals surface area contributed by atoms with Gasteiger partial charge in [0.15, 0.2) is 5.96 Å². The van der Waals surface area contributed by atoms with Crippen molar-refractivity contribution in [2.75, 3.05) is 19.8 Å². The van der Waals surface area contributed by atoms with Crippen molar-refractivity contribution < 1.29 is 0 Å². The number of hydrogen-bond donors (Lipinski definition) is 2. The van der Waals surface area contributed by atoms with Gasteiger partial charge in [-0.05, 0) is 45.8 Å². The van der Waals surface area contributed by atoms with E-state index in [4.69, 9.17) is 0 Å². The molecule has 4 heteroatoms. The fourth-order valence-corrected chi connectivity index (χ4v) is 1.67. The predicted octanol–water partition coefficient (Wildman–Crippen LogP) is 3.12. The van der Waals surface area contributed by atoms with Crippen LogP contribution in [0.1, 0.15) is 47.5 Å². The Labute approximate surface area is 118 Å². The monoisotopic (exact) mass is 273 g/mol. The number of hydrogen-bond acceptors (Lipinski definition) is 2. The van der Waals surface area contributed by atoms with E-state index in [1.54, 1.807) is 0 Å². The summed E-state index contributed by atoms with van der Waals surface area (Å²) in [4.78, 5) is 4.28. The van der Waals surface area contributed by atoms with Crippen LogP contribution >= 0.6 is 11.8 Å². The quantitative estimate of drug-likeness (QED) is 0.553. The number of guanidine groups is 1. The summed E-state index contributed by atoms with van der Waals surface area (Å²) in [6.07, 6.45) is 4.58. The highest BCUT2D eigenvalue weighted by Gasteiger charge is 2.16. The molecule has 0 saturated carbocycles. The normalized spacial score (nSPS) is 14.8. The van der Waals surface area contributed by atoms with Gasteiger partial charge in [-0.15, -0.1) is 0 Å². The maximum Gasteiger partial charge on any atom is 0.191 e. The topological polar surface area (TPSA) is 36.4 Å². The minimum atomic E-state index is 0.235. The van der Waals surface area contributed by atoms with Crippen molar-refractivity contribution in [3.8, 4) is 0 Å². The lowest BCUT2D eigenvalue weighted by molar-refractivity contribution is 0.488. The summed E-state index contributed by atoms with van der Waals surface area (Å²) < 4.78 is 0.235. The molecule has 0 aliphatic heterocycles. The first-order valence-corrected chi connectivity index (χ1v) is 8.05. The zero-order chi connectivity index (χ0) is 14.2. The van der Waals surface area contributed by atoms with Crippen molar-refractivity contribution in [3.05, 3.63) is 0 Å². The lowest BCUT2D eigenvalue weighted by Crippen LogP contribution is -2.46. The fraction of sp³-hybridized carbons (Fsp3) is 0.929. The Balaban J connectivity index is 4.05. The average molecular weight is 273 g/mol. The number of aliphatic imine (C=N–C) groups is 1. The highest BCUT2D eigenvalue weighted by Crippen LogP contribution is 2.19. The van der Waals surface area contributed by atoms with Gasteiger partial charge in [-0.1, -0.05) is 13.8 Å². The second-order valence-electron chi connectivity index (χ2n) is 5.91. The van der Waals surface area contributed by atoms with Crippen LogP contribution in [0.3, 0.4) is 0 Å². The van der Waals surface area contributed by atoms with E-state index < -0.39 is 0 Å². The van der Waals surface area contributed by atoms with Crippen LogP contribution in [-0.2, 0) is 0 Å². The van der Waals surface area contributed by atoms with Crippen LogP contribution in [0.5, 0.6) is 0 Å². The van der Waals surface area contributed by atoms with Gasteiger partial charge < -0.3 is 10.6 Å². The highest BCUT2D eigenvalue weighted by molar-refractivity contribution is 7.99. The third-order valence-corrected chi connectivity index (χ3v) is 4.27. The van der Waals surface area contributed by atoms with Gasteiger partial charge in [-0.25, -0.2) is 0 Å². The maximum absolute atomic E-state index is 4.28. The van der Waals surface area contributed by atoms with E-state index >= 15 is 0 Å². The lowest BCUT2D eigenvalue weighted by Gasteiger charge is -2.25. The Bertz CT molecular complexity index is 249. The molecule has 0 amide bonds. The van der Waals surface area contributed by atoms with E-state index in [-0.39, 0.29) is 4.75 Å². The predicted molar refractivity (Wildman–Crippen MR) is 85.6 cm³/mol. The smallest absolute Gasteiger partial charge is 0.191 e. The number of rotatable bonds is 7. The van der Waals surface area contributed by atoms with Crippen LogP contribution in [0.25, 0.3) is 0 Å². The van der Waals surface area contributed by atoms with Gasteiger partial charge in [0.05, 0.1) is 0 Å². The zero-order valence-electron chi connectivity index (χ0n) is 13.1. The van der Waals surface area contributed by atoms with Crippen LogP contribution in [0.15, 0.2) is 4.99 Å². The van der Waals surface area contributed by atoms with Crippen LogP contribution in [0.2, 0.25) is 0 Å². The molecule has 0 rings (SSSR count). The van der Waals surface area contributed by atoms with E-state index in [1.807, 2.05) is 18.8 Å². The third-order valence-electron chi connectivity index (χ3n) is 3.02. The molecule has 0 aliphatic carbocycles. The van der Waals surface area contributed by atoms with Crippen LogP contribution in [-0.4, -0.2) is 36.6 Å². The lowest BCUT2D eigenvalue weighted by atomic mass is 10.0. The van der Waals surface area contributed by atoms with Crippen molar-refractivity contribution in [2.45, 2.75) is 58.2 Å². The van der Waals surface area contributed by atoms with Crippen LogP contribution in [0.4, 0.5) is 0 Å². The Morgan fingerprint density at radius 2 is 1.83 bits per heavy atom. The van der Waals surface area contributed by atoms with Gasteiger partial charge in [-0.2, -0.15) is 11.8 Å². The summed E-state index contributed by atoms with van der Waals surface area (Å²) in [5, 5.41) is 6.85. The zero-order valence-corrected chi connectivity index (χ0v) is 13.9. The van der Waals surface area contributed by atoms with Gasteiger partial charge >= 0.3 is 0 Å². The Morgan fingerprint density at radius 1 is 1.22 bits per heavy atom. The molecule has 0 saturated heterocycles. The summed E-state index contributed by atoms with van der Waals surface area (Å²) >= 11 is 1.87. The van der Waals surface area contributed by atoms with E-state index in [1.165, 1.54) is 12.8 Å². The molecule has 1 atom stereocenters. The van der Waals surface area contributed by atoms with Crippen molar-refractivity contribution in [3.63, 3.8) is 0 Å². The van der Waals surface area contributed by atoms with Crippen molar-refractivity contribution in [1.29, 1.82) is 0 Å². The Hall–Kier alpha value is -0.380. The number of nitrogens with one attached hydrogen (secondary N) is 2. The summed E-state index contributed by atoms with van der Waals surface area (Å²) in [7, 11) is 1.83. The summed E-state index contributed by atoms with van der Waals surface area (Å²) in [6, 6.07) is 0.469. The van der Waals surface area contributed by atoms with Gasteiger partial charge in [0.2, 0.25) is 0 Å². The van der Waals surface area contributed by atoms with Gasteiger partial charge in [0.1, 0.15) is 0 Å². The highest BCUT2D eigenvalue weighted by atomic mass is 32.2. The molecule has 0 fully saturated rings. The first-order valence-electron chi connectivity index (χ1n) is 6.83. The molecular weight excluding hydrogens is 242 g/mol. The first-order chi connectivity index (χ1) is 8.30. The van der Waals surface area contributed by atoms with Crippen molar-refractivity contribution >= 4 is 17.7 Å². The van der Waals surface area contributed by atoms with Crippen LogP contribution in [0, 0.1) is 5.92 Å². The standard InChI is InChI=1S/C14H31N3S/c1-11(2)8-9-12(3)17-13(15-6)16-10-14(4,5)18-7/h11-12H,8-10H2,1-7H3,(H2,15,16,17). The van der Waals surface area contributed by atoms with Crippen LogP contribution < -0.4 is 10.6 Å². The van der Waals surface area contributed by atoms with E-state index in [0.717, 1.165) is 18.4 Å². The maximum atomic E-state index is 4.28. The molecule has 0 aliphatic rings. The second-order valence-corrected chi connectivity index (χ2v) is 7.42. The molecule has 3 nitrogen and oxygen atoms in total. The molecule has 0 aromatic heterocycles. The van der Waals surface area contributed by atoms with Gasteiger partial charge in [0.25, 0.3) is 0 Å². The summed E-state index contributed by atoms with van der Waals surface area (Å²) in [5.41, 5.74) is 0. The SMILES string of the molecule is CN=C(NCC(C)(C)SC)NC(C)CCC(C)C. The molecule has 108 valence electrons. The molecule has 0 radical (unpaired) electrons. The average Bonchev–Trinajstić information content (AvgIpc) is 2.31. The first kappa shape index (κ1) is 17.6. The second kappa shape index (κ2) is 8.68. The van der Waals surface area contributed by atoms with Crippen molar-refractivity contribution in [2.24, 2.45) is 10.9 Å². The molecule has 2 N–H and O–H groups in total. The summed E-state index contributed by atoms with van der Waals surface area (Å²) in [6.45, 7) is 12.1. The molecule has 1 unspecified atom stereocenters. The molecular formula is C14H31N3S. The Morgan fingerprint density at radius 3 is 2.28 bits per heavy atom. The third kappa shape index (κ3) is 8.67. The molecule has 0 heterocycles. The van der Waals surface area contributed by atoms with E-state index in [9.17, 15) is 0 Å². The largest absolute Gasteiger partial charge is 0.355 e. The van der Waals surface area contributed by atoms with Gasteiger partial charge in [-0.3, -0.25) is 4.99 Å². The molecule has 0 aromatic carbocycles. The van der Waals surface area contributed by atoms with E-state index in [0.29, 0.717) is 6.04 Å².